The highest BCUT2D eigenvalue weighted by Gasteiger charge is 2.36. The number of carbonyl (C=O) groups is 1. The molecule has 2 heterocycles. The van der Waals surface area contributed by atoms with Gasteiger partial charge in [-0.2, -0.15) is 5.10 Å². The molecule has 0 fully saturated rings. The number of fused-ring (bicyclic) bond motifs is 3. The number of hydrogen-bond acceptors (Lipinski definition) is 5. The zero-order valence-electron chi connectivity index (χ0n) is 17.7. The van der Waals surface area contributed by atoms with Crippen LogP contribution in [0.4, 0.5) is 10.5 Å². The molecule has 1 aromatic carbocycles. The van der Waals surface area contributed by atoms with Gasteiger partial charge in [0.2, 0.25) is 5.88 Å². The Morgan fingerprint density at radius 2 is 2.23 bits per heavy atom. The van der Waals surface area contributed by atoms with Crippen molar-refractivity contribution in [1.82, 2.24) is 9.78 Å². The molecule has 10 heteroatoms. The van der Waals surface area contributed by atoms with E-state index in [4.69, 9.17) is 9.88 Å². The molecule has 2 aromatic rings. The van der Waals surface area contributed by atoms with Crippen LogP contribution in [-0.4, -0.2) is 37.3 Å². The number of anilines is 1. The third-order valence-electron chi connectivity index (χ3n) is 6.35. The van der Waals surface area contributed by atoms with Gasteiger partial charge < -0.3 is 15.2 Å². The largest absolute Gasteiger partial charge is 0.469 e. The molecule has 0 spiro atoms. The molecule has 166 valence electrons. The van der Waals surface area contributed by atoms with Crippen molar-refractivity contribution in [1.29, 1.82) is 0 Å². The maximum atomic E-state index is 13.2. The molecule has 1 aliphatic heterocycles. The van der Waals surface area contributed by atoms with Crippen molar-refractivity contribution < 1.29 is 18.8 Å². The number of carbonyl (C=O) groups excluding carboxylic acids is 1. The summed E-state index contributed by atoms with van der Waals surface area (Å²) in [5, 5.41) is 22.9. The lowest BCUT2D eigenvalue weighted by Crippen LogP contribution is -2.27. The van der Waals surface area contributed by atoms with E-state index in [1.807, 2.05) is 13.8 Å². The van der Waals surface area contributed by atoms with Crippen molar-refractivity contribution in [2.45, 2.75) is 68.9 Å². The summed E-state index contributed by atoms with van der Waals surface area (Å²) in [6.45, 7) is 4.30. The number of benzene rings is 1. The first-order valence-electron chi connectivity index (χ1n) is 10.6. The third kappa shape index (κ3) is 3.42. The van der Waals surface area contributed by atoms with Crippen molar-refractivity contribution in [3.05, 3.63) is 34.5 Å². The fourth-order valence-corrected chi connectivity index (χ4v) is 6.01. The Morgan fingerprint density at radius 3 is 3.00 bits per heavy atom. The first-order chi connectivity index (χ1) is 14.7. The van der Waals surface area contributed by atoms with Gasteiger partial charge in [0.25, 0.3) is 0 Å². The summed E-state index contributed by atoms with van der Waals surface area (Å²) in [6.07, 6.45) is 5.91. The molecule has 0 unspecified atom stereocenters. The summed E-state index contributed by atoms with van der Waals surface area (Å²) < 4.78 is 24.4. The molecule has 1 aromatic heterocycles. The number of ether oxygens (including phenoxy) is 1. The minimum Gasteiger partial charge on any atom is -0.469 e. The maximum Gasteiger partial charge on any atom is 0.354 e. The first-order valence-corrected chi connectivity index (χ1v) is 12.2. The van der Waals surface area contributed by atoms with E-state index in [1.54, 1.807) is 4.68 Å². The smallest absolute Gasteiger partial charge is 0.354 e. The predicted molar refractivity (Wildman–Crippen MR) is 116 cm³/mol. The number of urea groups is 1. The van der Waals surface area contributed by atoms with Crippen LogP contribution in [0.25, 0.3) is 0 Å². The van der Waals surface area contributed by atoms with Gasteiger partial charge in [-0.3, -0.25) is 0 Å². The van der Waals surface area contributed by atoms with E-state index in [0.29, 0.717) is 12.2 Å². The number of aliphatic hydroxyl groups excluding tert-OH is 1. The van der Waals surface area contributed by atoms with Gasteiger partial charge in [0.05, 0.1) is 19.3 Å². The molecule has 0 saturated carbocycles. The Hall–Kier alpha value is -2.43. The standard InChI is InChI=1S/C21H27N5O4S/c1-21(2)11-26-19(30-21)16(9-23-26)31(22,29)25-20(28)24-18-15-5-3-4-12(15)8-13-6-7-14(10-27)17(13)18/h8-9,14,27H,3-7,10-11H2,1-2H3,(H3,22,24,25,28,29)/t14-,31+/m0/s1. The topological polar surface area (TPSA) is 132 Å². The minimum atomic E-state index is -3.55. The summed E-state index contributed by atoms with van der Waals surface area (Å²) in [7, 11) is -3.55. The van der Waals surface area contributed by atoms with E-state index >= 15 is 0 Å². The van der Waals surface area contributed by atoms with Crippen molar-refractivity contribution in [2.24, 2.45) is 9.50 Å². The van der Waals surface area contributed by atoms with Crippen LogP contribution in [0.2, 0.25) is 0 Å². The Bertz CT molecular complexity index is 1210. The zero-order chi connectivity index (χ0) is 22.0. The number of amides is 2. The molecule has 5 rings (SSSR count). The van der Waals surface area contributed by atoms with E-state index in [1.165, 1.54) is 11.8 Å². The van der Waals surface area contributed by atoms with E-state index in [-0.39, 0.29) is 23.3 Å². The van der Waals surface area contributed by atoms with Crippen LogP contribution in [0.5, 0.6) is 5.88 Å². The molecule has 2 aliphatic carbocycles. The number of nitrogens with zero attached hydrogens (tertiary/aromatic N) is 3. The van der Waals surface area contributed by atoms with Gasteiger partial charge >= 0.3 is 6.03 Å². The molecule has 0 bridgehead atoms. The summed E-state index contributed by atoms with van der Waals surface area (Å²) in [6, 6.07) is 1.44. The second-order valence-corrected chi connectivity index (χ2v) is 10.9. The molecule has 0 radical (unpaired) electrons. The monoisotopic (exact) mass is 445 g/mol. The number of nitrogens with one attached hydrogen (secondary N) is 1. The van der Waals surface area contributed by atoms with Crippen LogP contribution in [0.1, 0.15) is 54.9 Å². The first kappa shape index (κ1) is 20.5. The molecular weight excluding hydrogens is 418 g/mol. The van der Waals surface area contributed by atoms with Crippen molar-refractivity contribution >= 4 is 21.6 Å². The average molecular weight is 446 g/mol. The van der Waals surface area contributed by atoms with E-state index in [9.17, 15) is 14.1 Å². The maximum absolute atomic E-state index is 13.2. The average Bonchev–Trinajstić information content (AvgIpc) is 3.42. The summed E-state index contributed by atoms with van der Waals surface area (Å²) >= 11 is 0. The van der Waals surface area contributed by atoms with Crippen LogP contribution in [0, 0.1) is 0 Å². The SMILES string of the molecule is CC1(C)Cn2ncc([S@](N)(=O)=NC(=O)Nc3c4c(cc5c3[C@H](CO)CC5)CCC4)c2O1. The van der Waals surface area contributed by atoms with Crippen LogP contribution < -0.4 is 15.2 Å². The number of nitrogens with two attached hydrogens (primary N) is 1. The fraction of sp³-hybridized carbons (Fsp3) is 0.524. The Labute approximate surface area is 181 Å². The van der Waals surface area contributed by atoms with Gasteiger partial charge in [0.15, 0.2) is 9.92 Å². The van der Waals surface area contributed by atoms with Gasteiger partial charge in [0, 0.05) is 11.6 Å². The quantitative estimate of drug-likeness (QED) is 0.668. The second-order valence-electron chi connectivity index (χ2n) is 9.16. The lowest BCUT2D eigenvalue weighted by molar-refractivity contribution is 0.132. The summed E-state index contributed by atoms with van der Waals surface area (Å²) in [5.41, 5.74) is 4.66. The highest BCUT2D eigenvalue weighted by Crippen LogP contribution is 2.44. The number of hydrogen-bond donors (Lipinski definition) is 3. The number of aromatic nitrogens is 2. The van der Waals surface area contributed by atoms with Gasteiger partial charge in [-0.1, -0.05) is 6.07 Å². The Kier molecular flexibility index (Phi) is 4.65. The van der Waals surface area contributed by atoms with E-state index in [2.05, 4.69) is 20.8 Å². The van der Waals surface area contributed by atoms with E-state index in [0.717, 1.165) is 48.8 Å². The van der Waals surface area contributed by atoms with Crippen molar-refractivity contribution in [3.8, 4) is 5.88 Å². The molecular formula is C21H27N5O4S. The van der Waals surface area contributed by atoms with Gasteiger partial charge in [-0.15, -0.1) is 4.36 Å². The Balaban J connectivity index is 1.50. The van der Waals surface area contributed by atoms with Crippen molar-refractivity contribution in [2.75, 3.05) is 11.9 Å². The van der Waals surface area contributed by atoms with Gasteiger partial charge in [-0.05, 0) is 68.2 Å². The number of aliphatic hydroxyl groups is 1. The lowest BCUT2D eigenvalue weighted by atomic mass is 9.94. The molecule has 4 N–H and O–H groups in total. The van der Waals surface area contributed by atoms with Crippen LogP contribution in [0.15, 0.2) is 21.5 Å². The minimum absolute atomic E-state index is 0.0204. The molecule has 2 atom stereocenters. The third-order valence-corrected chi connectivity index (χ3v) is 7.69. The second kappa shape index (κ2) is 7.04. The molecule has 31 heavy (non-hydrogen) atoms. The Morgan fingerprint density at radius 1 is 1.42 bits per heavy atom. The predicted octanol–water partition coefficient (Wildman–Crippen LogP) is 2.50. The van der Waals surface area contributed by atoms with Gasteiger partial charge in [-0.25, -0.2) is 18.8 Å². The lowest BCUT2D eigenvalue weighted by Gasteiger charge is -2.18. The van der Waals surface area contributed by atoms with Crippen LogP contribution in [-0.2, 0) is 35.7 Å². The zero-order valence-corrected chi connectivity index (χ0v) is 18.5. The highest BCUT2D eigenvalue weighted by atomic mass is 32.2. The molecule has 0 saturated heterocycles. The van der Waals surface area contributed by atoms with Crippen LogP contribution in [0.3, 0.4) is 0 Å². The highest BCUT2D eigenvalue weighted by molar-refractivity contribution is 7.91. The summed E-state index contributed by atoms with van der Waals surface area (Å²) in [5.74, 6) is 0.267. The van der Waals surface area contributed by atoms with E-state index < -0.39 is 21.5 Å². The molecule has 9 nitrogen and oxygen atoms in total. The normalized spacial score (nSPS) is 22.3. The van der Waals surface area contributed by atoms with Crippen LogP contribution >= 0.6 is 0 Å². The fourth-order valence-electron chi connectivity index (χ4n) is 5.03. The summed E-state index contributed by atoms with van der Waals surface area (Å²) in [4.78, 5) is 13.0. The number of rotatable bonds is 3. The number of aryl methyl sites for hydroxylation is 2. The van der Waals surface area contributed by atoms with Crippen molar-refractivity contribution in [3.63, 3.8) is 0 Å². The molecule has 2 amide bonds. The van der Waals surface area contributed by atoms with Gasteiger partial charge in [0.1, 0.15) is 10.5 Å². The molecule has 3 aliphatic rings.